The number of anilines is 1. The maximum atomic E-state index is 5.90. The van der Waals surface area contributed by atoms with Crippen molar-refractivity contribution in [2.75, 3.05) is 5.32 Å². The molecule has 1 atom stereocenters. The van der Waals surface area contributed by atoms with Gasteiger partial charge in [-0.15, -0.1) is 11.3 Å². The molecule has 1 nitrogen and oxygen atoms in total. The van der Waals surface area contributed by atoms with Crippen LogP contribution in [0.5, 0.6) is 0 Å². The molecule has 0 radical (unpaired) electrons. The lowest BCUT2D eigenvalue weighted by Crippen LogP contribution is -2.04. The van der Waals surface area contributed by atoms with E-state index in [1.165, 1.54) is 4.88 Å². The Morgan fingerprint density at radius 3 is 2.31 bits per heavy atom. The predicted octanol–water partition coefficient (Wildman–Crippen LogP) is 5.23. The second kappa shape index (κ2) is 5.09. The van der Waals surface area contributed by atoms with Crippen molar-refractivity contribution in [2.24, 2.45) is 0 Å². The molecule has 2 aromatic rings. The van der Waals surface area contributed by atoms with Crippen LogP contribution in [0.25, 0.3) is 0 Å². The number of benzene rings is 1. The fourth-order valence-electron chi connectivity index (χ4n) is 1.43. The third kappa shape index (κ3) is 2.91. The van der Waals surface area contributed by atoms with E-state index in [1.54, 1.807) is 11.3 Å². The molecule has 0 aliphatic carbocycles. The van der Waals surface area contributed by atoms with E-state index in [-0.39, 0.29) is 6.04 Å². The molecule has 1 N–H and O–H groups in total. The van der Waals surface area contributed by atoms with Crippen LogP contribution in [-0.4, -0.2) is 0 Å². The Labute approximate surface area is 109 Å². The maximum Gasteiger partial charge on any atom is 0.0932 e. The molecule has 84 valence electrons. The summed E-state index contributed by atoms with van der Waals surface area (Å²) in [4.78, 5) is 1.22. The molecule has 0 saturated heterocycles. The van der Waals surface area contributed by atoms with Gasteiger partial charge in [-0.25, -0.2) is 0 Å². The highest BCUT2D eigenvalue weighted by Gasteiger charge is 2.07. The summed E-state index contributed by atoms with van der Waals surface area (Å²) >= 11 is 13.3. The van der Waals surface area contributed by atoms with Crippen LogP contribution in [0.2, 0.25) is 9.36 Å². The van der Waals surface area contributed by atoms with Gasteiger partial charge >= 0.3 is 0 Å². The third-order valence-electron chi connectivity index (χ3n) is 2.25. The number of thiophene rings is 1. The van der Waals surface area contributed by atoms with Crippen LogP contribution >= 0.6 is 34.5 Å². The zero-order valence-electron chi connectivity index (χ0n) is 8.71. The summed E-state index contributed by atoms with van der Waals surface area (Å²) in [6.07, 6.45) is 0. The summed E-state index contributed by atoms with van der Waals surface area (Å²) in [6.45, 7) is 2.11. The van der Waals surface area contributed by atoms with E-state index in [0.29, 0.717) is 0 Å². The van der Waals surface area contributed by atoms with Gasteiger partial charge in [0.25, 0.3) is 0 Å². The fraction of sp³-hybridized carbons (Fsp3) is 0.167. The van der Waals surface area contributed by atoms with E-state index >= 15 is 0 Å². The summed E-state index contributed by atoms with van der Waals surface area (Å²) in [5.74, 6) is 0. The van der Waals surface area contributed by atoms with Gasteiger partial charge in [-0.2, -0.15) is 0 Å². The van der Waals surface area contributed by atoms with E-state index in [0.717, 1.165) is 15.0 Å². The Balaban J connectivity index is 2.07. The molecule has 0 aliphatic rings. The minimum Gasteiger partial charge on any atom is -0.378 e. The number of nitrogens with one attached hydrogen (secondary N) is 1. The van der Waals surface area contributed by atoms with E-state index < -0.39 is 0 Å². The topological polar surface area (TPSA) is 12.0 Å². The summed E-state index contributed by atoms with van der Waals surface area (Å²) in [7, 11) is 0. The first kappa shape index (κ1) is 11.8. The fourth-order valence-corrected chi connectivity index (χ4v) is 2.62. The number of rotatable bonds is 3. The minimum atomic E-state index is 0.249. The molecule has 0 fully saturated rings. The molecule has 0 spiro atoms. The highest BCUT2D eigenvalue weighted by atomic mass is 35.5. The van der Waals surface area contributed by atoms with Crippen molar-refractivity contribution in [1.29, 1.82) is 0 Å². The molecular weight excluding hydrogens is 261 g/mol. The standard InChI is InChI=1S/C12H11Cl2NS/c1-8(11-6-7-12(14)16-11)15-10-4-2-9(13)3-5-10/h2-8,15H,1H3. The molecule has 1 aromatic carbocycles. The highest BCUT2D eigenvalue weighted by Crippen LogP contribution is 2.29. The largest absolute Gasteiger partial charge is 0.378 e. The van der Waals surface area contributed by atoms with Crippen LogP contribution in [0.1, 0.15) is 17.8 Å². The van der Waals surface area contributed by atoms with E-state index in [4.69, 9.17) is 23.2 Å². The van der Waals surface area contributed by atoms with Crippen LogP contribution in [0.4, 0.5) is 5.69 Å². The summed E-state index contributed by atoms with van der Waals surface area (Å²) in [5, 5.41) is 4.14. The minimum absolute atomic E-state index is 0.249. The van der Waals surface area contributed by atoms with Crippen molar-refractivity contribution >= 4 is 40.2 Å². The molecule has 4 heteroatoms. The van der Waals surface area contributed by atoms with Crippen LogP contribution in [0.3, 0.4) is 0 Å². The van der Waals surface area contributed by atoms with Gasteiger partial charge in [0, 0.05) is 15.6 Å². The van der Waals surface area contributed by atoms with Gasteiger partial charge in [-0.05, 0) is 43.3 Å². The first-order valence-corrected chi connectivity index (χ1v) is 6.50. The SMILES string of the molecule is CC(Nc1ccc(Cl)cc1)c1ccc(Cl)s1. The second-order valence-electron chi connectivity index (χ2n) is 3.51. The highest BCUT2D eigenvalue weighted by molar-refractivity contribution is 7.16. The average Bonchev–Trinajstić information content (AvgIpc) is 2.68. The van der Waals surface area contributed by atoms with E-state index in [2.05, 4.69) is 12.2 Å². The van der Waals surface area contributed by atoms with E-state index in [9.17, 15) is 0 Å². The number of halogens is 2. The molecule has 2 rings (SSSR count). The molecule has 1 aromatic heterocycles. The summed E-state index contributed by atoms with van der Waals surface area (Å²) < 4.78 is 0.819. The molecule has 0 amide bonds. The predicted molar refractivity (Wildman–Crippen MR) is 72.8 cm³/mol. The lowest BCUT2D eigenvalue weighted by molar-refractivity contribution is 0.908. The second-order valence-corrected chi connectivity index (χ2v) is 5.70. The quantitative estimate of drug-likeness (QED) is 0.806. The lowest BCUT2D eigenvalue weighted by Gasteiger charge is -2.13. The zero-order valence-corrected chi connectivity index (χ0v) is 11.0. The van der Waals surface area contributed by atoms with Gasteiger partial charge in [-0.3, -0.25) is 0 Å². The monoisotopic (exact) mass is 271 g/mol. The molecule has 16 heavy (non-hydrogen) atoms. The Bertz CT molecular complexity index is 464. The smallest absolute Gasteiger partial charge is 0.0932 e. The third-order valence-corrected chi connectivity index (χ3v) is 3.91. The van der Waals surface area contributed by atoms with E-state index in [1.807, 2.05) is 36.4 Å². The average molecular weight is 272 g/mol. The van der Waals surface area contributed by atoms with Crippen molar-refractivity contribution in [2.45, 2.75) is 13.0 Å². The molecule has 1 heterocycles. The van der Waals surface area contributed by atoms with Crippen LogP contribution in [0.15, 0.2) is 36.4 Å². The van der Waals surface area contributed by atoms with Gasteiger partial charge in [0.15, 0.2) is 0 Å². The first-order chi connectivity index (χ1) is 7.65. The first-order valence-electron chi connectivity index (χ1n) is 4.92. The lowest BCUT2D eigenvalue weighted by atomic mass is 10.2. The maximum absolute atomic E-state index is 5.90. The van der Waals surface area contributed by atoms with Crippen molar-refractivity contribution in [3.8, 4) is 0 Å². The van der Waals surface area contributed by atoms with Crippen molar-refractivity contribution in [1.82, 2.24) is 0 Å². The molecular formula is C12H11Cl2NS. The Morgan fingerprint density at radius 2 is 1.75 bits per heavy atom. The Kier molecular flexibility index (Phi) is 3.74. The Morgan fingerprint density at radius 1 is 1.06 bits per heavy atom. The summed E-state index contributed by atoms with van der Waals surface area (Å²) in [6, 6.07) is 11.9. The molecule has 1 unspecified atom stereocenters. The number of hydrogen-bond donors (Lipinski definition) is 1. The normalized spacial score (nSPS) is 12.4. The number of hydrogen-bond acceptors (Lipinski definition) is 2. The molecule has 0 aliphatic heterocycles. The van der Waals surface area contributed by atoms with Crippen molar-refractivity contribution in [3.05, 3.63) is 50.6 Å². The Hall–Kier alpha value is -0.700. The van der Waals surface area contributed by atoms with Crippen molar-refractivity contribution < 1.29 is 0 Å². The van der Waals surface area contributed by atoms with Crippen LogP contribution in [0, 0.1) is 0 Å². The van der Waals surface area contributed by atoms with Crippen LogP contribution < -0.4 is 5.32 Å². The summed E-state index contributed by atoms with van der Waals surface area (Å²) in [5.41, 5.74) is 1.06. The van der Waals surface area contributed by atoms with Gasteiger partial charge < -0.3 is 5.32 Å². The zero-order chi connectivity index (χ0) is 11.5. The van der Waals surface area contributed by atoms with Gasteiger partial charge in [0.2, 0.25) is 0 Å². The van der Waals surface area contributed by atoms with Gasteiger partial charge in [0.1, 0.15) is 0 Å². The molecule has 0 saturated carbocycles. The van der Waals surface area contributed by atoms with Gasteiger partial charge in [0.05, 0.1) is 10.4 Å². The molecule has 0 bridgehead atoms. The van der Waals surface area contributed by atoms with Crippen LogP contribution in [-0.2, 0) is 0 Å². The van der Waals surface area contributed by atoms with Gasteiger partial charge in [-0.1, -0.05) is 23.2 Å². The van der Waals surface area contributed by atoms with Crippen molar-refractivity contribution in [3.63, 3.8) is 0 Å².